The van der Waals surface area contributed by atoms with Gasteiger partial charge in [-0.15, -0.1) is 0 Å². The minimum absolute atomic E-state index is 0.790. The molecule has 2 heteroatoms. The molecule has 0 aliphatic rings. The summed E-state index contributed by atoms with van der Waals surface area (Å²) in [7, 11) is 1.72. The molecular formula is C9H14N2. The van der Waals surface area contributed by atoms with Crippen molar-refractivity contribution in [2.75, 3.05) is 7.05 Å². The van der Waals surface area contributed by atoms with Crippen molar-refractivity contribution in [3.05, 3.63) is 37.7 Å². The molecule has 2 nitrogen and oxygen atoms in total. The van der Waals surface area contributed by atoms with Gasteiger partial charge in [0, 0.05) is 19.4 Å². The van der Waals surface area contributed by atoms with E-state index in [1.807, 2.05) is 19.2 Å². The second-order valence-electron chi connectivity index (χ2n) is 1.86. The summed E-state index contributed by atoms with van der Waals surface area (Å²) in [5.74, 6) is 0.790. The smallest absolute Gasteiger partial charge is 0.130 e. The van der Waals surface area contributed by atoms with Gasteiger partial charge >= 0.3 is 0 Å². The van der Waals surface area contributed by atoms with E-state index in [9.17, 15) is 0 Å². The van der Waals surface area contributed by atoms with Crippen LogP contribution in [0.15, 0.2) is 42.7 Å². The zero-order chi connectivity index (χ0) is 8.69. The number of aliphatic imine (C=N–C) groups is 1. The molecule has 0 heterocycles. The monoisotopic (exact) mass is 150 g/mol. The highest BCUT2D eigenvalue weighted by atomic mass is 15.1. The van der Waals surface area contributed by atoms with E-state index in [0.717, 1.165) is 5.84 Å². The molecule has 0 rings (SSSR count). The van der Waals surface area contributed by atoms with E-state index in [1.165, 1.54) is 0 Å². The molecule has 0 atom stereocenters. The van der Waals surface area contributed by atoms with E-state index in [-0.39, 0.29) is 0 Å². The fourth-order valence-electron chi connectivity index (χ4n) is 0.704. The highest BCUT2D eigenvalue weighted by Crippen LogP contribution is 1.94. The standard InChI is InChI=1S/C9H14N2/c1-5-8-11(7-3)9(6-2)10-4/h5-8H,2-3H2,1,4H3/b8-5-,10-9-. The van der Waals surface area contributed by atoms with E-state index < -0.39 is 0 Å². The Morgan fingerprint density at radius 2 is 2.09 bits per heavy atom. The molecule has 0 saturated carbocycles. The summed E-state index contributed by atoms with van der Waals surface area (Å²) in [4.78, 5) is 5.80. The predicted molar refractivity (Wildman–Crippen MR) is 50.4 cm³/mol. The summed E-state index contributed by atoms with van der Waals surface area (Å²) in [6, 6.07) is 0. The van der Waals surface area contributed by atoms with Crippen molar-refractivity contribution < 1.29 is 0 Å². The third-order valence-electron chi connectivity index (χ3n) is 1.18. The molecule has 0 aromatic heterocycles. The fraction of sp³-hybridized carbons (Fsp3) is 0.222. The predicted octanol–water partition coefficient (Wildman–Crippen LogP) is 2.18. The molecule has 0 fully saturated rings. The molecule has 0 unspecified atom stereocenters. The van der Waals surface area contributed by atoms with Crippen LogP contribution in [0, 0.1) is 0 Å². The van der Waals surface area contributed by atoms with Crippen LogP contribution in [0.1, 0.15) is 6.92 Å². The topological polar surface area (TPSA) is 15.6 Å². The van der Waals surface area contributed by atoms with Gasteiger partial charge < -0.3 is 4.90 Å². The van der Waals surface area contributed by atoms with E-state index in [2.05, 4.69) is 18.2 Å². The lowest BCUT2D eigenvalue weighted by atomic mass is 10.5. The Kier molecular flexibility index (Phi) is 4.82. The lowest BCUT2D eigenvalue weighted by Gasteiger charge is -2.13. The summed E-state index contributed by atoms with van der Waals surface area (Å²) in [5, 5.41) is 0. The normalized spacial score (nSPS) is 11.6. The van der Waals surface area contributed by atoms with Crippen LogP contribution >= 0.6 is 0 Å². The summed E-state index contributed by atoms with van der Waals surface area (Å²) < 4.78 is 0. The van der Waals surface area contributed by atoms with Gasteiger partial charge in [0.05, 0.1) is 0 Å². The van der Waals surface area contributed by atoms with Crippen molar-refractivity contribution in [3.63, 3.8) is 0 Å². The Balaban J connectivity index is 4.46. The van der Waals surface area contributed by atoms with E-state index in [4.69, 9.17) is 0 Å². The van der Waals surface area contributed by atoms with Gasteiger partial charge in [-0.05, 0) is 13.0 Å². The minimum Gasteiger partial charge on any atom is -0.310 e. The molecule has 0 aliphatic heterocycles. The third kappa shape index (κ3) is 2.85. The van der Waals surface area contributed by atoms with Crippen LogP contribution in [-0.2, 0) is 0 Å². The van der Waals surface area contributed by atoms with Gasteiger partial charge in [0.25, 0.3) is 0 Å². The van der Waals surface area contributed by atoms with Crippen molar-refractivity contribution in [1.29, 1.82) is 0 Å². The molecule has 0 bridgehead atoms. The first-order valence-electron chi connectivity index (χ1n) is 3.43. The second-order valence-corrected chi connectivity index (χ2v) is 1.86. The van der Waals surface area contributed by atoms with E-state index in [0.29, 0.717) is 0 Å². The first-order chi connectivity index (χ1) is 5.29. The summed E-state index contributed by atoms with van der Waals surface area (Å²) in [5.41, 5.74) is 0. The number of hydrogen-bond acceptors (Lipinski definition) is 1. The van der Waals surface area contributed by atoms with Crippen molar-refractivity contribution in [3.8, 4) is 0 Å². The second kappa shape index (κ2) is 5.47. The minimum atomic E-state index is 0.790. The molecule has 0 N–H and O–H groups in total. The van der Waals surface area contributed by atoms with Gasteiger partial charge in [-0.1, -0.05) is 19.2 Å². The number of nitrogens with zero attached hydrogens (tertiary/aromatic N) is 2. The number of amidine groups is 1. The molecule has 0 amide bonds. The maximum Gasteiger partial charge on any atom is 0.130 e. The largest absolute Gasteiger partial charge is 0.310 e. The third-order valence-corrected chi connectivity index (χ3v) is 1.18. The van der Waals surface area contributed by atoms with Gasteiger partial charge in [-0.3, -0.25) is 4.99 Å². The van der Waals surface area contributed by atoms with Gasteiger partial charge in [0.1, 0.15) is 5.84 Å². The molecule has 0 spiro atoms. The number of allylic oxidation sites excluding steroid dienone is 1. The lowest BCUT2D eigenvalue weighted by molar-refractivity contribution is 0.762. The summed E-state index contributed by atoms with van der Waals surface area (Å²) >= 11 is 0. The first kappa shape index (κ1) is 9.69. The maximum absolute atomic E-state index is 4.00. The van der Waals surface area contributed by atoms with Gasteiger partial charge in [-0.2, -0.15) is 0 Å². The van der Waals surface area contributed by atoms with Crippen molar-refractivity contribution >= 4 is 5.84 Å². The Labute approximate surface area is 68.2 Å². The Bertz CT molecular complexity index is 190. The molecule has 0 aromatic rings. The average Bonchev–Trinajstić information content (AvgIpc) is 2.05. The lowest BCUT2D eigenvalue weighted by Crippen LogP contribution is -2.16. The number of hydrogen-bond donors (Lipinski definition) is 0. The van der Waals surface area contributed by atoms with Crippen molar-refractivity contribution in [2.45, 2.75) is 6.92 Å². The van der Waals surface area contributed by atoms with Crippen LogP contribution in [-0.4, -0.2) is 17.8 Å². The fourth-order valence-corrected chi connectivity index (χ4v) is 0.704. The maximum atomic E-state index is 4.00. The molecule has 0 aliphatic carbocycles. The van der Waals surface area contributed by atoms with E-state index in [1.54, 1.807) is 24.2 Å². The zero-order valence-electron chi connectivity index (χ0n) is 7.12. The highest BCUT2D eigenvalue weighted by Gasteiger charge is 1.96. The van der Waals surface area contributed by atoms with Crippen molar-refractivity contribution in [2.24, 2.45) is 4.99 Å². The Morgan fingerprint density at radius 3 is 2.36 bits per heavy atom. The highest BCUT2D eigenvalue weighted by molar-refractivity contribution is 5.93. The van der Waals surface area contributed by atoms with Gasteiger partial charge in [0.15, 0.2) is 0 Å². The summed E-state index contributed by atoms with van der Waals surface area (Å²) in [6.45, 7) is 9.21. The van der Waals surface area contributed by atoms with Crippen molar-refractivity contribution in [1.82, 2.24) is 4.90 Å². The van der Waals surface area contributed by atoms with Crippen LogP contribution < -0.4 is 0 Å². The number of rotatable bonds is 3. The molecule has 0 saturated heterocycles. The molecule has 0 radical (unpaired) electrons. The van der Waals surface area contributed by atoms with Gasteiger partial charge in [0.2, 0.25) is 0 Å². The van der Waals surface area contributed by atoms with Gasteiger partial charge in [-0.25, -0.2) is 0 Å². The van der Waals surface area contributed by atoms with Crippen LogP contribution in [0.2, 0.25) is 0 Å². The zero-order valence-corrected chi connectivity index (χ0v) is 7.12. The van der Waals surface area contributed by atoms with E-state index >= 15 is 0 Å². The summed E-state index contributed by atoms with van der Waals surface area (Å²) in [6.07, 6.45) is 7.15. The average molecular weight is 150 g/mol. The molecular weight excluding hydrogens is 136 g/mol. The van der Waals surface area contributed by atoms with Crippen LogP contribution in [0.3, 0.4) is 0 Å². The Hall–Kier alpha value is -1.31. The van der Waals surface area contributed by atoms with Crippen LogP contribution in [0.5, 0.6) is 0 Å². The first-order valence-corrected chi connectivity index (χ1v) is 3.43. The molecule has 11 heavy (non-hydrogen) atoms. The SMILES string of the molecule is C=C/C(=N/C)N(C=C)/C=C\C. The molecule has 0 aromatic carbocycles. The van der Waals surface area contributed by atoms with Crippen LogP contribution in [0.25, 0.3) is 0 Å². The quantitative estimate of drug-likeness (QED) is 0.444. The molecule has 60 valence electrons. The van der Waals surface area contributed by atoms with Crippen LogP contribution in [0.4, 0.5) is 0 Å². The Morgan fingerprint density at radius 1 is 1.45 bits per heavy atom.